The number of benzene rings is 2. The maximum atomic E-state index is 12.2. The lowest BCUT2D eigenvalue weighted by molar-refractivity contribution is 0.0940. The van der Waals surface area contributed by atoms with Crippen molar-refractivity contribution < 1.29 is 4.79 Å². The zero-order valence-electron chi connectivity index (χ0n) is 10.7. The molecule has 1 N–H and O–H groups in total. The number of carbonyl (C=O) groups is 1. The SMILES string of the molecule is C[C@H](NC(=O)c1cc(Cl)cc(Br)c1)c1ccc(Br)cc1. The van der Waals surface area contributed by atoms with Crippen molar-refractivity contribution in [3.05, 3.63) is 67.6 Å². The molecule has 2 rings (SSSR count). The average Bonchev–Trinajstić information content (AvgIpc) is 2.38. The van der Waals surface area contributed by atoms with Crippen LogP contribution in [0.4, 0.5) is 0 Å². The van der Waals surface area contributed by atoms with E-state index in [4.69, 9.17) is 11.6 Å². The molecule has 0 aliphatic heterocycles. The van der Waals surface area contributed by atoms with Gasteiger partial charge >= 0.3 is 0 Å². The van der Waals surface area contributed by atoms with Gasteiger partial charge in [-0.05, 0) is 42.8 Å². The van der Waals surface area contributed by atoms with Crippen molar-refractivity contribution in [2.75, 3.05) is 0 Å². The molecule has 20 heavy (non-hydrogen) atoms. The van der Waals surface area contributed by atoms with Gasteiger partial charge in [-0.15, -0.1) is 0 Å². The molecule has 0 radical (unpaired) electrons. The molecule has 2 aromatic rings. The number of hydrogen-bond donors (Lipinski definition) is 1. The minimum absolute atomic E-state index is 0.0756. The van der Waals surface area contributed by atoms with Crippen LogP contribution in [0.1, 0.15) is 28.9 Å². The molecule has 0 aromatic heterocycles. The van der Waals surface area contributed by atoms with E-state index in [9.17, 15) is 4.79 Å². The van der Waals surface area contributed by atoms with Crippen LogP contribution in [0.2, 0.25) is 5.02 Å². The normalized spacial score (nSPS) is 12.0. The molecule has 0 aliphatic rings. The molecule has 0 bridgehead atoms. The minimum Gasteiger partial charge on any atom is -0.346 e. The monoisotopic (exact) mass is 415 g/mol. The zero-order chi connectivity index (χ0) is 14.7. The van der Waals surface area contributed by atoms with E-state index < -0.39 is 0 Å². The largest absolute Gasteiger partial charge is 0.346 e. The van der Waals surface area contributed by atoms with E-state index in [-0.39, 0.29) is 11.9 Å². The molecular weight excluding hydrogens is 405 g/mol. The smallest absolute Gasteiger partial charge is 0.251 e. The molecule has 2 aromatic carbocycles. The third kappa shape index (κ3) is 4.08. The summed E-state index contributed by atoms with van der Waals surface area (Å²) in [7, 11) is 0. The van der Waals surface area contributed by atoms with E-state index >= 15 is 0 Å². The highest BCUT2D eigenvalue weighted by Crippen LogP contribution is 2.21. The lowest BCUT2D eigenvalue weighted by Gasteiger charge is -2.14. The number of carbonyl (C=O) groups excluding carboxylic acids is 1. The molecule has 0 unspecified atom stereocenters. The first-order valence-corrected chi connectivity index (χ1v) is 7.94. The number of nitrogens with one attached hydrogen (secondary N) is 1. The summed E-state index contributed by atoms with van der Waals surface area (Å²) in [6, 6.07) is 12.9. The topological polar surface area (TPSA) is 29.1 Å². The van der Waals surface area contributed by atoms with Gasteiger partial charge in [-0.25, -0.2) is 0 Å². The average molecular weight is 418 g/mol. The van der Waals surface area contributed by atoms with E-state index in [1.54, 1.807) is 18.2 Å². The van der Waals surface area contributed by atoms with Crippen molar-refractivity contribution >= 4 is 49.4 Å². The Morgan fingerprint density at radius 3 is 2.35 bits per heavy atom. The lowest BCUT2D eigenvalue weighted by Crippen LogP contribution is -2.26. The highest BCUT2D eigenvalue weighted by atomic mass is 79.9. The van der Waals surface area contributed by atoms with Crippen molar-refractivity contribution in [3.63, 3.8) is 0 Å². The first kappa shape index (κ1) is 15.5. The van der Waals surface area contributed by atoms with Crippen LogP contribution in [-0.2, 0) is 0 Å². The predicted molar refractivity (Wildman–Crippen MR) is 89.2 cm³/mol. The second-order valence-corrected chi connectivity index (χ2v) is 6.67. The first-order valence-electron chi connectivity index (χ1n) is 5.98. The van der Waals surface area contributed by atoms with Gasteiger partial charge in [0.15, 0.2) is 0 Å². The van der Waals surface area contributed by atoms with Crippen LogP contribution in [0.15, 0.2) is 51.4 Å². The fourth-order valence-corrected chi connectivity index (χ4v) is 2.92. The fourth-order valence-electron chi connectivity index (χ4n) is 1.80. The Bertz CT molecular complexity index is 608. The number of hydrogen-bond acceptors (Lipinski definition) is 1. The number of halogens is 3. The molecule has 2 nitrogen and oxygen atoms in total. The summed E-state index contributed by atoms with van der Waals surface area (Å²) in [5.74, 6) is -0.149. The summed E-state index contributed by atoms with van der Waals surface area (Å²) in [5.41, 5.74) is 1.58. The zero-order valence-corrected chi connectivity index (χ0v) is 14.6. The number of rotatable bonds is 3. The quantitative estimate of drug-likeness (QED) is 0.716. The number of amides is 1. The molecule has 0 aliphatic carbocycles. The van der Waals surface area contributed by atoms with Crippen molar-refractivity contribution in [2.24, 2.45) is 0 Å². The van der Waals surface area contributed by atoms with Gasteiger partial charge in [0.25, 0.3) is 5.91 Å². The minimum atomic E-state index is -0.149. The van der Waals surface area contributed by atoms with Crippen LogP contribution >= 0.6 is 43.5 Å². The van der Waals surface area contributed by atoms with Crippen LogP contribution in [-0.4, -0.2) is 5.91 Å². The molecule has 0 heterocycles. The molecule has 0 saturated carbocycles. The Morgan fingerprint density at radius 1 is 1.10 bits per heavy atom. The maximum Gasteiger partial charge on any atom is 0.251 e. The summed E-state index contributed by atoms with van der Waals surface area (Å²) >= 11 is 12.7. The second-order valence-electron chi connectivity index (χ2n) is 4.40. The van der Waals surface area contributed by atoms with E-state index in [1.807, 2.05) is 31.2 Å². The van der Waals surface area contributed by atoms with Crippen molar-refractivity contribution in [1.29, 1.82) is 0 Å². The van der Waals surface area contributed by atoms with Crippen LogP contribution in [0.3, 0.4) is 0 Å². The molecule has 0 saturated heterocycles. The third-order valence-corrected chi connectivity index (χ3v) is 4.05. The van der Waals surface area contributed by atoms with E-state index in [2.05, 4.69) is 37.2 Å². The molecule has 104 valence electrons. The summed E-state index contributed by atoms with van der Waals surface area (Å²) in [6.45, 7) is 1.95. The van der Waals surface area contributed by atoms with Gasteiger partial charge in [0.1, 0.15) is 0 Å². The first-order chi connectivity index (χ1) is 9.45. The van der Waals surface area contributed by atoms with Crippen molar-refractivity contribution in [1.82, 2.24) is 5.32 Å². The predicted octanol–water partition coefficient (Wildman–Crippen LogP) is 5.36. The molecule has 0 spiro atoms. The van der Waals surface area contributed by atoms with Gasteiger partial charge in [0.2, 0.25) is 0 Å². The second kappa shape index (κ2) is 6.74. The van der Waals surface area contributed by atoms with Crippen LogP contribution in [0, 0.1) is 0 Å². The van der Waals surface area contributed by atoms with Crippen LogP contribution < -0.4 is 5.32 Å². The summed E-state index contributed by atoms with van der Waals surface area (Å²) in [5, 5.41) is 3.48. The van der Waals surface area contributed by atoms with Gasteiger partial charge < -0.3 is 5.32 Å². The summed E-state index contributed by atoms with van der Waals surface area (Å²) in [6.07, 6.45) is 0. The molecule has 5 heteroatoms. The molecular formula is C15H12Br2ClNO. The van der Waals surface area contributed by atoms with Crippen molar-refractivity contribution in [2.45, 2.75) is 13.0 Å². The van der Waals surface area contributed by atoms with Crippen LogP contribution in [0.5, 0.6) is 0 Å². The Balaban J connectivity index is 2.12. The van der Waals surface area contributed by atoms with Crippen LogP contribution in [0.25, 0.3) is 0 Å². The van der Waals surface area contributed by atoms with Gasteiger partial charge in [-0.3, -0.25) is 4.79 Å². The standard InChI is InChI=1S/C15H12Br2ClNO/c1-9(10-2-4-12(16)5-3-10)19-15(20)11-6-13(17)8-14(18)7-11/h2-9H,1H3,(H,19,20)/t9-/m0/s1. The highest BCUT2D eigenvalue weighted by molar-refractivity contribution is 9.10. The Morgan fingerprint density at radius 2 is 1.75 bits per heavy atom. The Kier molecular flexibility index (Phi) is 5.24. The molecule has 1 amide bonds. The van der Waals surface area contributed by atoms with Gasteiger partial charge in [0, 0.05) is 19.5 Å². The van der Waals surface area contributed by atoms with E-state index in [0.717, 1.165) is 14.5 Å². The van der Waals surface area contributed by atoms with Gasteiger partial charge in [-0.2, -0.15) is 0 Å². The molecule has 0 fully saturated rings. The Hall–Kier alpha value is -0.840. The van der Waals surface area contributed by atoms with Gasteiger partial charge in [0.05, 0.1) is 6.04 Å². The van der Waals surface area contributed by atoms with Gasteiger partial charge in [-0.1, -0.05) is 55.6 Å². The molecule has 1 atom stereocenters. The summed E-state index contributed by atoms with van der Waals surface area (Å²) in [4.78, 5) is 12.2. The third-order valence-electron chi connectivity index (χ3n) is 2.84. The van der Waals surface area contributed by atoms with E-state index in [0.29, 0.717) is 10.6 Å². The lowest BCUT2D eigenvalue weighted by atomic mass is 10.1. The fraction of sp³-hybridized carbons (Fsp3) is 0.133. The van der Waals surface area contributed by atoms with E-state index in [1.165, 1.54) is 0 Å². The summed E-state index contributed by atoms with van der Waals surface area (Å²) < 4.78 is 1.80. The Labute approximate surface area is 139 Å². The van der Waals surface area contributed by atoms with Crippen molar-refractivity contribution in [3.8, 4) is 0 Å². The maximum absolute atomic E-state index is 12.2. The highest BCUT2D eigenvalue weighted by Gasteiger charge is 2.12.